The summed E-state index contributed by atoms with van der Waals surface area (Å²) in [4.78, 5) is 0. The first-order valence-corrected chi connectivity index (χ1v) is 6.23. The van der Waals surface area contributed by atoms with Crippen LogP contribution in [-0.4, -0.2) is 10.2 Å². The van der Waals surface area contributed by atoms with Crippen molar-refractivity contribution in [2.75, 3.05) is 0 Å². The van der Waals surface area contributed by atoms with E-state index in [-0.39, 0.29) is 17.6 Å². The largest absolute Gasteiger partial charge is 0.285 e. The van der Waals surface area contributed by atoms with Crippen LogP contribution < -0.4 is 0 Å². The molecule has 0 atom stereocenters. The molecular formula is C16H12F2N2. The first-order valence-electron chi connectivity index (χ1n) is 6.23. The van der Waals surface area contributed by atoms with E-state index in [4.69, 9.17) is 0 Å². The number of aromatic nitrogens is 2. The Balaban J connectivity index is 2.09. The molecule has 0 amide bonds. The third-order valence-corrected chi connectivity index (χ3v) is 3.26. The maximum Gasteiger partial charge on any atom is 0.123 e. The predicted molar refractivity (Wildman–Crippen MR) is 72.3 cm³/mol. The lowest BCUT2D eigenvalue weighted by Crippen LogP contribution is -2.02. The highest BCUT2D eigenvalue weighted by Crippen LogP contribution is 2.31. The van der Waals surface area contributed by atoms with Crippen molar-refractivity contribution in [1.29, 1.82) is 0 Å². The molecule has 0 aliphatic rings. The molecule has 3 rings (SSSR count). The van der Waals surface area contributed by atoms with E-state index in [1.807, 2.05) is 0 Å². The smallest absolute Gasteiger partial charge is 0.123 e. The first kappa shape index (κ1) is 12.5. The molecule has 1 aromatic heterocycles. The lowest BCUT2D eigenvalue weighted by molar-refractivity contribution is 0.626. The Morgan fingerprint density at radius 1 is 0.750 bits per heavy atom. The first-order chi connectivity index (χ1) is 9.74. The van der Waals surface area contributed by atoms with Gasteiger partial charge in [-0.1, -0.05) is 24.3 Å². The number of hydrogen-bond donors (Lipinski definition) is 1. The van der Waals surface area contributed by atoms with Gasteiger partial charge in [0, 0.05) is 17.7 Å². The quantitative estimate of drug-likeness (QED) is 0.769. The fourth-order valence-electron chi connectivity index (χ4n) is 2.31. The zero-order valence-corrected chi connectivity index (χ0v) is 10.6. The van der Waals surface area contributed by atoms with Crippen LogP contribution in [0.5, 0.6) is 0 Å². The van der Waals surface area contributed by atoms with Crippen LogP contribution in [0.3, 0.4) is 0 Å². The van der Waals surface area contributed by atoms with Crippen molar-refractivity contribution >= 4 is 0 Å². The van der Waals surface area contributed by atoms with E-state index in [0.717, 1.165) is 16.7 Å². The van der Waals surface area contributed by atoms with Crippen molar-refractivity contribution in [2.24, 2.45) is 0 Å². The number of hydrogen-bond acceptors (Lipinski definition) is 1. The second-order valence-corrected chi connectivity index (χ2v) is 4.57. The maximum absolute atomic E-state index is 13.1. The predicted octanol–water partition coefficient (Wildman–Crippen LogP) is 3.87. The lowest BCUT2D eigenvalue weighted by atomic mass is 9.87. The van der Waals surface area contributed by atoms with Gasteiger partial charge in [0.25, 0.3) is 0 Å². The van der Waals surface area contributed by atoms with Crippen molar-refractivity contribution in [3.05, 3.63) is 89.2 Å². The number of benzene rings is 2. The van der Waals surface area contributed by atoms with Crippen molar-refractivity contribution in [1.82, 2.24) is 10.2 Å². The molecule has 3 aromatic rings. The van der Waals surface area contributed by atoms with Gasteiger partial charge in [0.1, 0.15) is 11.6 Å². The van der Waals surface area contributed by atoms with Gasteiger partial charge in [0.05, 0.1) is 6.20 Å². The van der Waals surface area contributed by atoms with Crippen molar-refractivity contribution in [2.45, 2.75) is 5.92 Å². The molecule has 2 nitrogen and oxygen atoms in total. The second-order valence-electron chi connectivity index (χ2n) is 4.57. The molecule has 0 bridgehead atoms. The van der Waals surface area contributed by atoms with Crippen LogP contribution in [0, 0.1) is 11.6 Å². The monoisotopic (exact) mass is 270 g/mol. The molecule has 0 saturated heterocycles. The van der Waals surface area contributed by atoms with Crippen LogP contribution in [0.4, 0.5) is 8.78 Å². The van der Waals surface area contributed by atoms with Gasteiger partial charge in [0.15, 0.2) is 0 Å². The Bertz CT molecular complexity index is 628. The third kappa shape index (κ3) is 2.45. The third-order valence-electron chi connectivity index (χ3n) is 3.26. The molecule has 4 heteroatoms. The van der Waals surface area contributed by atoms with Crippen molar-refractivity contribution < 1.29 is 8.78 Å². The van der Waals surface area contributed by atoms with Crippen LogP contribution in [0.15, 0.2) is 60.9 Å². The normalized spacial score (nSPS) is 10.9. The van der Waals surface area contributed by atoms with Crippen LogP contribution >= 0.6 is 0 Å². The highest BCUT2D eigenvalue weighted by atomic mass is 19.1. The summed E-state index contributed by atoms with van der Waals surface area (Å²) in [6.45, 7) is 0. The van der Waals surface area contributed by atoms with Crippen molar-refractivity contribution in [3.63, 3.8) is 0 Å². The van der Waals surface area contributed by atoms with Gasteiger partial charge in [-0.2, -0.15) is 5.10 Å². The summed E-state index contributed by atoms with van der Waals surface area (Å²) in [7, 11) is 0. The van der Waals surface area contributed by atoms with E-state index in [0.29, 0.717) is 0 Å². The number of rotatable bonds is 3. The average molecular weight is 270 g/mol. The van der Waals surface area contributed by atoms with E-state index in [1.54, 1.807) is 36.7 Å². The molecule has 0 aliphatic carbocycles. The molecule has 0 aliphatic heterocycles. The molecule has 2 aromatic carbocycles. The van der Waals surface area contributed by atoms with Crippen LogP contribution in [0.2, 0.25) is 0 Å². The van der Waals surface area contributed by atoms with Gasteiger partial charge >= 0.3 is 0 Å². The number of H-pyrrole nitrogens is 1. The van der Waals surface area contributed by atoms with Gasteiger partial charge in [-0.15, -0.1) is 0 Å². The van der Waals surface area contributed by atoms with Crippen LogP contribution in [0.25, 0.3) is 0 Å². The summed E-state index contributed by atoms with van der Waals surface area (Å²) in [6.07, 6.45) is 3.51. The van der Waals surface area contributed by atoms with Crippen LogP contribution in [0.1, 0.15) is 22.6 Å². The molecule has 100 valence electrons. The Morgan fingerprint density at radius 2 is 1.25 bits per heavy atom. The minimum Gasteiger partial charge on any atom is -0.285 e. The second kappa shape index (κ2) is 5.25. The van der Waals surface area contributed by atoms with E-state index in [2.05, 4.69) is 10.2 Å². The summed E-state index contributed by atoms with van der Waals surface area (Å²) < 4.78 is 26.2. The molecule has 0 saturated carbocycles. The SMILES string of the molecule is Fc1ccc(C(c2ccc(F)cc2)c2cn[nH]c2)cc1. The maximum atomic E-state index is 13.1. The van der Waals surface area contributed by atoms with Gasteiger partial charge < -0.3 is 0 Å². The molecule has 0 radical (unpaired) electrons. The minimum atomic E-state index is -0.279. The lowest BCUT2D eigenvalue weighted by Gasteiger charge is -2.16. The van der Waals surface area contributed by atoms with E-state index >= 15 is 0 Å². The highest BCUT2D eigenvalue weighted by Gasteiger charge is 2.17. The fourth-order valence-corrected chi connectivity index (χ4v) is 2.31. The Kier molecular flexibility index (Phi) is 3.29. The molecule has 0 fully saturated rings. The summed E-state index contributed by atoms with van der Waals surface area (Å²) in [6, 6.07) is 12.6. The van der Waals surface area contributed by atoms with Crippen LogP contribution in [-0.2, 0) is 0 Å². The summed E-state index contributed by atoms with van der Waals surface area (Å²) in [5.41, 5.74) is 2.81. The fraction of sp³-hybridized carbons (Fsp3) is 0.0625. The molecule has 20 heavy (non-hydrogen) atoms. The minimum absolute atomic E-state index is 0.102. The molecule has 1 heterocycles. The highest BCUT2D eigenvalue weighted by molar-refractivity contribution is 5.41. The number of aromatic amines is 1. The van der Waals surface area contributed by atoms with Gasteiger partial charge in [-0.3, -0.25) is 5.10 Å². The van der Waals surface area contributed by atoms with Crippen molar-refractivity contribution in [3.8, 4) is 0 Å². The molecule has 0 spiro atoms. The average Bonchev–Trinajstić information content (AvgIpc) is 2.97. The van der Waals surface area contributed by atoms with Gasteiger partial charge in [-0.25, -0.2) is 8.78 Å². The molecule has 1 N–H and O–H groups in total. The Labute approximate surface area is 115 Å². The molecular weight excluding hydrogens is 258 g/mol. The molecule has 0 unspecified atom stereocenters. The number of nitrogens with zero attached hydrogens (tertiary/aromatic N) is 1. The Hall–Kier alpha value is -2.49. The Morgan fingerprint density at radius 3 is 1.65 bits per heavy atom. The summed E-state index contributed by atoms with van der Waals surface area (Å²) in [5.74, 6) is -0.660. The zero-order valence-electron chi connectivity index (χ0n) is 10.6. The topological polar surface area (TPSA) is 28.7 Å². The summed E-state index contributed by atoms with van der Waals surface area (Å²) in [5, 5.41) is 6.73. The van der Waals surface area contributed by atoms with E-state index in [9.17, 15) is 8.78 Å². The standard InChI is InChI=1S/C16H12F2N2/c17-14-5-1-11(2-6-14)16(13-9-19-20-10-13)12-3-7-15(18)8-4-12/h1-10,16H,(H,19,20). The number of halogens is 2. The van der Waals surface area contributed by atoms with E-state index in [1.165, 1.54) is 24.3 Å². The zero-order chi connectivity index (χ0) is 13.9. The van der Waals surface area contributed by atoms with E-state index < -0.39 is 0 Å². The van der Waals surface area contributed by atoms with Gasteiger partial charge in [0.2, 0.25) is 0 Å². The number of nitrogens with one attached hydrogen (secondary N) is 1. The summed E-state index contributed by atoms with van der Waals surface area (Å²) >= 11 is 0. The van der Waals surface area contributed by atoms with Gasteiger partial charge in [-0.05, 0) is 35.4 Å².